The van der Waals surface area contributed by atoms with Crippen LogP contribution in [0.2, 0.25) is 0 Å². The van der Waals surface area contributed by atoms with Crippen molar-refractivity contribution in [1.29, 1.82) is 0 Å². The summed E-state index contributed by atoms with van der Waals surface area (Å²) in [6, 6.07) is 9.15. The summed E-state index contributed by atoms with van der Waals surface area (Å²) in [6.07, 6.45) is 5.75. The number of aliphatic hydroxyl groups excluding tert-OH is 1. The summed E-state index contributed by atoms with van der Waals surface area (Å²) in [5.74, 6) is -0.172. The molecule has 0 saturated carbocycles. The van der Waals surface area contributed by atoms with E-state index in [1.165, 1.54) is 33.3 Å². The molecule has 1 atom stereocenters. The third-order valence-corrected chi connectivity index (χ3v) is 6.26. The largest absolute Gasteiger partial charge is 0.507 e. The minimum atomic E-state index is -0.886. The van der Waals surface area contributed by atoms with E-state index in [0.29, 0.717) is 47.1 Å². The van der Waals surface area contributed by atoms with Gasteiger partial charge in [0, 0.05) is 31.0 Å². The first-order chi connectivity index (χ1) is 17.9. The Kier molecular flexibility index (Phi) is 7.66. The first kappa shape index (κ1) is 25.6. The second kappa shape index (κ2) is 11.1. The molecule has 10 heteroatoms. The molecule has 0 unspecified atom stereocenters. The normalized spacial score (nSPS) is 16.6. The van der Waals surface area contributed by atoms with Crippen molar-refractivity contribution in [3.8, 4) is 23.0 Å². The maximum absolute atomic E-state index is 13.3. The van der Waals surface area contributed by atoms with Gasteiger partial charge < -0.3 is 33.5 Å². The number of amides is 1. The fourth-order valence-corrected chi connectivity index (χ4v) is 4.48. The number of carbonyl (C=O) groups is 2. The number of methoxy groups -OCH3 is 4. The van der Waals surface area contributed by atoms with Crippen molar-refractivity contribution in [3.63, 3.8) is 0 Å². The number of imidazole rings is 1. The van der Waals surface area contributed by atoms with Crippen LogP contribution in [0.4, 0.5) is 0 Å². The highest BCUT2D eigenvalue weighted by Crippen LogP contribution is 2.45. The van der Waals surface area contributed by atoms with Gasteiger partial charge in [-0.2, -0.15) is 0 Å². The van der Waals surface area contributed by atoms with E-state index in [1.54, 1.807) is 48.9 Å². The molecule has 1 fully saturated rings. The number of benzene rings is 2. The molecule has 1 aliphatic heterocycles. The Balaban J connectivity index is 1.84. The van der Waals surface area contributed by atoms with Crippen molar-refractivity contribution in [2.24, 2.45) is 0 Å². The molecule has 2 aromatic carbocycles. The molecule has 1 N–H and O–H groups in total. The van der Waals surface area contributed by atoms with Gasteiger partial charge >= 0.3 is 0 Å². The number of aryl methyl sites for hydroxylation is 1. The molecule has 37 heavy (non-hydrogen) atoms. The highest BCUT2D eigenvalue weighted by atomic mass is 16.5. The van der Waals surface area contributed by atoms with Crippen LogP contribution >= 0.6 is 0 Å². The molecular weight excluding hydrogens is 478 g/mol. The lowest BCUT2D eigenvalue weighted by Gasteiger charge is -2.26. The van der Waals surface area contributed by atoms with Crippen molar-refractivity contribution in [1.82, 2.24) is 14.5 Å². The van der Waals surface area contributed by atoms with E-state index in [4.69, 9.17) is 18.9 Å². The molecule has 4 rings (SSSR count). The van der Waals surface area contributed by atoms with Crippen molar-refractivity contribution in [2.75, 3.05) is 35.0 Å². The summed E-state index contributed by atoms with van der Waals surface area (Å²) in [4.78, 5) is 32.1. The van der Waals surface area contributed by atoms with Gasteiger partial charge in [0.05, 0.1) is 46.4 Å². The van der Waals surface area contributed by atoms with Crippen LogP contribution < -0.4 is 18.9 Å². The summed E-state index contributed by atoms with van der Waals surface area (Å²) in [7, 11) is 5.97. The fourth-order valence-electron chi connectivity index (χ4n) is 4.48. The second-order valence-electron chi connectivity index (χ2n) is 8.34. The van der Waals surface area contributed by atoms with Crippen LogP contribution in [-0.2, 0) is 16.1 Å². The lowest BCUT2D eigenvalue weighted by atomic mass is 9.94. The zero-order chi connectivity index (χ0) is 26.5. The number of hydrogen-bond acceptors (Lipinski definition) is 8. The molecule has 0 aliphatic carbocycles. The Labute approximate surface area is 214 Å². The number of hydrogen-bond donors (Lipinski definition) is 1. The van der Waals surface area contributed by atoms with Crippen molar-refractivity contribution in [3.05, 3.63) is 71.8 Å². The van der Waals surface area contributed by atoms with Gasteiger partial charge in [-0.1, -0.05) is 12.1 Å². The Morgan fingerprint density at radius 1 is 0.973 bits per heavy atom. The van der Waals surface area contributed by atoms with Gasteiger partial charge in [0.1, 0.15) is 11.5 Å². The SMILES string of the molecule is COc1cccc(/C(O)=C2\C(=O)C(=O)N(CCCn3ccnc3)[C@H]2c2cc(OC)c(OC)c(OC)c2)c1. The molecule has 0 radical (unpaired) electrons. The molecule has 0 spiro atoms. The Morgan fingerprint density at radius 2 is 1.70 bits per heavy atom. The van der Waals surface area contributed by atoms with E-state index >= 15 is 0 Å². The van der Waals surface area contributed by atoms with E-state index in [9.17, 15) is 14.7 Å². The lowest BCUT2D eigenvalue weighted by Crippen LogP contribution is -2.31. The molecule has 194 valence electrons. The monoisotopic (exact) mass is 507 g/mol. The summed E-state index contributed by atoms with van der Waals surface area (Å²) in [5.41, 5.74) is 0.851. The number of carbonyl (C=O) groups excluding carboxylic acids is 2. The zero-order valence-corrected chi connectivity index (χ0v) is 21.1. The van der Waals surface area contributed by atoms with Crippen molar-refractivity contribution >= 4 is 17.4 Å². The van der Waals surface area contributed by atoms with E-state index in [0.717, 1.165) is 0 Å². The summed E-state index contributed by atoms with van der Waals surface area (Å²) in [5, 5.41) is 11.3. The molecule has 0 bridgehead atoms. The maximum atomic E-state index is 13.3. The van der Waals surface area contributed by atoms with Gasteiger partial charge in [0.2, 0.25) is 5.75 Å². The zero-order valence-electron chi connectivity index (χ0n) is 21.1. The topological polar surface area (TPSA) is 112 Å². The van der Waals surface area contributed by atoms with Gasteiger partial charge in [0.25, 0.3) is 11.7 Å². The highest BCUT2D eigenvalue weighted by Gasteiger charge is 2.46. The van der Waals surface area contributed by atoms with Crippen LogP contribution in [0.5, 0.6) is 23.0 Å². The molecule has 1 aromatic heterocycles. The number of aliphatic hydroxyl groups is 1. The van der Waals surface area contributed by atoms with Crippen LogP contribution in [0, 0.1) is 0 Å². The van der Waals surface area contributed by atoms with Crippen molar-refractivity contribution < 1.29 is 33.6 Å². The number of likely N-dealkylation sites (tertiary alicyclic amines) is 1. The average molecular weight is 508 g/mol. The van der Waals surface area contributed by atoms with Gasteiger partial charge in [-0.15, -0.1) is 0 Å². The van der Waals surface area contributed by atoms with E-state index in [2.05, 4.69) is 4.98 Å². The number of nitrogens with zero attached hydrogens (tertiary/aromatic N) is 3. The van der Waals surface area contributed by atoms with Crippen LogP contribution in [0.15, 0.2) is 60.7 Å². The molecule has 2 heterocycles. The van der Waals surface area contributed by atoms with Gasteiger partial charge in [-0.05, 0) is 36.2 Å². The van der Waals surface area contributed by atoms with E-state index in [1.807, 2.05) is 10.8 Å². The van der Waals surface area contributed by atoms with Gasteiger partial charge in [-0.3, -0.25) is 9.59 Å². The maximum Gasteiger partial charge on any atom is 0.295 e. The number of ketones is 1. The standard InChI is InChI=1S/C27H29N3O7/c1-34-19-8-5-7-17(13-19)24(31)22-23(18-14-20(35-2)26(37-4)21(15-18)36-3)30(27(33)25(22)32)11-6-10-29-12-9-28-16-29/h5,7-9,12-16,23,31H,6,10-11H2,1-4H3/b24-22+/t23-/m0/s1. The third kappa shape index (κ3) is 4.95. The second-order valence-corrected chi connectivity index (χ2v) is 8.34. The quantitative estimate of drug-likeness (QED) is 0.252. The minimum absolute atomic E-state index is 0.0323. The molecular formula is C27H29N3O7. The van der Waals surface area contributed by atoms with Crippen molar-refractivity contribution in [2.45, 2.75) is 19.0 Å². The van der Waals surface area contributed by atoms with Crippen LogP contribution in [-0.4, -0.2) is 66.2 Å². The third-order valence-electron chi connectivity index (χ3n) is 6.26. The van der Waals surface area contributed by atoms with Crippen LogP contribution in [0.25, 0.3) is 5.76 Å². The number of rotatable bonds is 10. The molecule has 1 amide bonds. The summed E-state index contributed by atoms with van der Waals surface area (Å²) >= 11 is 0. The smallest absolute Gasteiger partial charge is 0.295 e. The Morgan fingerprint density at radius 3 is 2.30 bits per heavy atom. The van der Waals surface area contributed by atoms with Gasteiger partial charge in [-0.25, -0.2) is 4.98 Å². The minimum Gasteiger partial charge on any atom is -0.507 e. The molecule has 10 nitrogen and oxygen atoms in total. The van der Waals surface area contributed by atoms with Crippen LogP contribution in [0.1, 0.15) is 23.6 Å². The number of Topliss-reactive ketones (excluding diaryl/α,β-unsaturated/α-hetero) is 1. The number of aromatic nitrogens is 2. The predicted octanol–water partition coefficient (Wildman–Crippen LogP) is 3.43. The van der Waals surface area contributed by atoms with Crippen LogP contribution in [0.3, 0.4) is 0 Å². The highest BCUT2D eigenvalue weighted by molar-refractivity contribution is 6.46. The van der Waals surface area contributed by atoms with E-state index in [-0.39, 0.29) is 17.9 Å². The first-order valence-electron chi connectivity index (χ1n) is 11.6. The summed E-state index contributed by atoms with van der Waals surface area (Å²) < 4.78 is 23.6. The lowest BCUT2D eigenvalue weighted by molar-refractivity contribution is -0.139. The van der Waals surface area contributed by atoms with Gasteiger partial charge in [0.15, 0.2) is 11.5 Å². The Bertz CT molecular complexity index is 1290. The molecule has 3 aromatic rings. The summed E-state index contributed by atoms with van der Waals surface area (Å²) in [6.45, 7) is 0.861. The first-order valence-corrected chi connectivity index (χ1v) is 11.6. The molecule has 1 aliphatic rings. The fraction of sp³-hybridized carbons (Fsp3) is 0.296. The molecule has 1 saturated heterocycles. The predicted molar refractivity (Wildman–Crippen MR) is 135 cm³/mol. The Hall–Kier alpha value is -4.47. The number of ether oxygens (including phenoxy) is 4. The van der Waals surface area contributed by atoms with E-state index < -0.39 is 17.7 Å². The average Bonchev–Trinajstić information content (AvgIpc) is 3.54.